The molecule has 0 bridgehead atoms. The van der Waals surface area contributed by atoms with Crippen molar-refractivity contribution in [2.75, 3.05) is 5.32 Å². The summed E-state index contributed by atoms with van der Waals surface area (Å²) < 4.78 is 0. The second-order valence-electron chi connectivity index (χ2n) is 8.11. The van der Waals surface area contributed by atoms with Crippen molar-refractivity contribution in [3.05, 3.63) is 108 Å². The van der Waals surface area contributed by atoms with E-state index in [1.165, 1.54) is 11.1 Å². The molecule has 156 valence electrons. The Kier molecular flexibility index (Phi) is 5.16. The van der Waals surface area contributed by atoms with Gasteiger partial charge >= 0.3 is 0 Å². The number of nitrogens with one attached hydrogen (secondary N) is 1. The fourth-order valence-electron chi connectivity index (χ4n) is 4.08. The molecule has 32 heavy (non-hydrogen) atoms. The molecule has 0 saturated heterocycles. The molecule has 1 N–H and O–H groups in total. The summed E-state index contributed by atoms with van der Waals surface area (Å²) >= 11 is 0. The molecule has 0 aliphatic rings. The van der Waals surface area contributed by atoms with Crippen LogP contribution in [0.5, 0.6) is 0 Å². The van der Waals surface area contributed by atoms with Gasteiger partial charge in [0, 0.05) is 22.0 Å². The molecule has 3 heteroatoms. The van der Waals surface area contributed by atoms with Crippen LogP contribution in [0.2, 0.25) is 0 Å². The Hall–Kier alpha value is -3.98. The van der Waals surface area contributed by atoms with E-state index in [4.69, 9.17) is 4.98 Å². The van der Waals surface area contributed by atoms with Crippen molar-refractivity contribution in [1.29, 1.82) is 0 Å². The lowest BCUT2D eigenvalue weighted by Gasteiger charge is -2.13. The Morgan fingerprint density at radius 2 is 1.62 bits per heavy atom. The summed E-state index contributed by atoms with van der Waals surface area (Å²) in [4.78, 5) is 18.4. The first-order valence-corrected chi connectivity index (χ1v) is 10.9. The van der Waals surface area contributed by atoms with Crippen LogP contribution in [0.15, 0.2) is 91.0 Å². The number of fused-ring (bicyclic) bond motifs is 2. The number of carbonyl (C=O) groups excluding carboxylic acids is 1. The van der Waals surface area contributed by atoms with Crippen LogP contribution in [0.25, 0.3) is 32.9 Å². The average molecular weight is 417 g/mol. The number of hydrogen-bond acceptors (Lipinski definition) is 2. The molecule has 0 spiro atoms. The first kappa shape index (κ1) is 20.0. The number of amides is 1. The van der Waals surface area contributed by atoms with Crippen molar-refractivity contribution >= 4 is 33.3 Å². The van der Waals surface area contributed by atoms with Crippen molar-refractivity contribution in [2.24, 2.45) is 0 Å². The number of aromatic nitrogens is 1. The summed E-state index contributed by atoms with van der Waals surface area (Å²) in [6.45, 7) is 4.18. The molecule has 4 aromatic carbocycles. The molecule has 5 rings (SSSR count). The van der Waals surface area contributed by atoms with Crippen LogP contribution in [-0.2, 0) is 6.42 Å². The van der Waals surface area contributed by atoms with Crippen molar-refractivity contribution in [3.63, 3.8) is 0 Å². The lowest BCUT2D eigenvalue weighted by Crippen LogP contribution is -2.13. The van der Waals surface area contributed by atoms with Crippen LogP contribution in [0.4, 0.5) is 5.69 Å². The molecular weight excluding hydrogens is 392 g/mol. The third-order valence-electron chi connectivity index (χ3n) is 5.91. The van der Waals surface area contributed by atoms with E-state index >= 15 is 0 Å². The number of anilines is 1. The van der Waals surface area contributed by atoms with Gasteiger partial charge in [0.15, 0.2) is 0 Å². The lowest BCUT2D eigenvalue weighted by molar-refractivity contribution is 0.102. The fourth-order valence-corrected chi connectivity index (χ4v) is 4.08. The van der Waals surface area contributed by atoms with Crippen LogP contribution in [0, 0.1) is 6.92 Å². The molecule has 5 aromatic rings. The van der Waals surface area contributed by atoms with Crippen molar-refractivity contribution in [1.82, 2.24) is 4.98 Å². The minimum Gasteiger partial charge on any atom is -0.321 e. The zero-order valence-electron chi connectivity index (χ0n) is 18.2. The maximum Gasteiger partial charge on any atom is 0.256 e. The van der Waals surface area contributed by atoms with Crippen LogP contribution in [-0.4, -0.2) is 10.9 Å². The van der Waals surface area contributed by atoms with Gasteiger partial charge in [0.25, 0.3) is 5.91 Å². The van der Waals surface area contributed by atoms with Gasteiger partial charge < -0.3 is 5.32 Å². The van der Waals surface area contributed by atoms with E-state index in [1.807, 2.05) is 42.5 Å². The fraction of sp³-hybridized carbons (Fsp3) is 0.103. The zero-order chi connectivity index (χ0) is 22.1. The van der Waals surface area contributed by atoms with Gasteiger partial charge in [-0.3, -0.25) is 4.79 Å². The van der Waals surface area contributed by atoms with Crippen LogP contribution >= 0.6 is 0 Å². The SMILES string of the molecule is CCc1ccc2nc(-c3ccc(C)cc3)cc(C(=O)Nc3cccc4ccccc34)c2c1. The monoisotopic (exact) mass is 416 g/mol. The topological polar surface area (TPSA) is 42.0 Å². The third kappa shape index (κ3) is 3.74. The lowest BCUT2D eigenvalue weighted by atomic mass is 10.00. The van der Waals surface area contributed by atoms with E-state index in [2.05, 4.69) is 67.7 Å². The van der Waals surface area contributed by atoms with Crippen molar-refractivity contribution in [3.8, 4) is 11.3 Å². The summed E-state index contributed by atoms with van der Waals surface area (Å²) in [5, 5.41) is 6.14. The van der Waals surface area contributed by atoms with E-state index in [0.29, 0.717) is 5.56 Å². The highest BCUT2D eigenvalue weighted by atomic mass is 16.1. The summed E-state index contributed by atoms with van der Waals surface area (Å²) in [6, 6.07) is 30.4. The van der Waals surface area contributed by atoms with E-state index in [0.717, 1.165) is 45.0 Å². The third-order valence-corrected chi connectivity index (χ3v) is 5.91. The molecule has 3 nitrogen and oxygen atoms in total. The van der Waals surface area contributed by atoms with Crippen LogP contribution < -0.4 is 5.32 Å². The summed E-state index contributed by atoms with van der Waals surface area (Å²) in [5.41, 5.74) is 6.43. The molecule has 0 aliphatic heterocycles. The molecular formula is C29H24N2O. The van der Waals surface area contributed by atoms with E-state index in [9.17, 15) is 4.79 Å². The second kappa shape index (κ2) is 8.27. The Morgan fingerprint density at radius 1 is 0.844 bits per heavy atom. The largest absolute Gasteiger partial charge is 0.321 e. The van der Waals surface area contributed by atoms with Gasteiger partial charge in [-0.15, -0.1) is 0 Å². The van der Waals surface area contributed by atoms with Gasteiger partial charge in [0.2, 0.25) is 0 Å². The van der Waals surface area contributed by atoms with Gasteiger partial charge in [0.1, 0.15) is 0 Å². The Labute approximate surface area is 187 Å². The van der Waals surface area contributed by atoms with Crippen LogP contribution in [0.3, 0.4) is 0 Å². The summed E-state index contributed by atoms with van der Waals surface area (Å²) in [6.07, 6.45) is 0.903. The number of aryl methyl sites for hydroxylation is 2. The Balaban J connectivity index is 1.64. The number of benzene rings is 4. The van der Waals surface area contributed by atoms with Gasteiger partial charge in [-0.05, 0) is 48.6 Å². The number of hydrogen-bond donors (Lipinski definition) is 1. The van der Waals surface area contributed by atoms with Gasteiger partial charge in [-0.1, -0.05) is 79.2 Å². The Morgan fingerprint density at radius 3 is 2.44 bits per heavy atom. The van der Waals surface area contributed by atoms with E-state index < -0.39 is 0 Å². The second-order valence-corrected chi connectivity index (χ2v) is 8.11. The standard InChI is InChI=1S/C29H24N2O/c1-3-20-13-16-27-24(17-20)25(18-28(30-27)22-14-11-19(2)12-15-22)29(32)31-26-10-6-8-21-7-4-5-9-23(21)26/h4-18H,3H2,1-2H3,(H,31,32). The zero-order valence-corrected chi connectivity index (χ0v) is 18.2. The number of rotatable bonds is 4. The van der Waals surface area contributed by atoms with Gasteiger partial charge in [0.05, 0.1) is 16.8 Å². The summed E-state index contributed by atoms with van der Waals surface area (Å²) in [7, 11) is 0. The van der Waals surface area contributed by atoms with Gasteiger partial charge in [-0.2, -0.15) is 0 Å². The average Bonchev–Trinajstić information content (AvgIpc) is 2.83. The summed E-state index contributed by atoms with van der Waals surface area (Å²) in [5.74, 6) is -0.129. The quantitative estimate of drug-likeness (QED) is 0.337. The highest BCUT2D eigenvalue weighted by Crippen LogP contribution is 2.28. The number of carbonyl (C=O) groups is 1. The Bertz CT molecular complexity index is 1450. The van der Waals surface area contributed by atoms with Crippen LogP contribution in [0.1, 0.15) is 28.4 Å². The molecule has 1 aromatic heterocycles. The maximum absolute atomic E-state index is 13.6. The molecule has 0 fully saturated rings. The number of pyridine rings is 1. The molecule has 0 aliphatic carbocycles. The molecule has 1 amide bonds. The highest BCUT2D eigenvalue weighted by Gasteiger charge is 2.16. The van der Waals surface area contributed by atoms with Crippen molar-refractivity contribution in [2.45, 2.75) is 20.3 Å². The molecule has 0 saturated carbocycles. The van der Waals surface area contributed by atoms with E-state index in [-0.39, 0.29) is 5.91 Å². The molecule has 0 unspecified atom stereocenters. The molecule has 0 atom stereocenters. The highest BCUT2D eigenvalue weighted by molar-refractivity contribution is 6.15. The molecule has 0 radical (unpaired) electrons. The smallest absolute Gasteiger partial charge is 0.256 e. The van der Waals surface area contributed by atoms with Gasteiger partial charge in [-0.25, -0.2) is 4.98 Å². The van der Waals surface area contributed by atoms with Crippen molar-refractivity contribution < 1.29 is 4.79 Å². The molecule has 1 heterocycles. The predicted molar refractivity (Wildman–Crippen MR) is 133 cm³/mol. The predicted octanol–water partition coefficient (Wildman–Crippen LogP) is 7.18. The number of nitrogens with zero attached hydrogens (tertiary/aromatic N) is 1. The van der Waals surface area contributed by atoms with E-state index in [1.54, 1.807) is 0 Å². The minimum atomic E-state index is -0.129. The normalized spacial score (nSPS) is 11.1. The maximum atomic E-state index is 13.6. The first-order valence-electron chi connectivity index (χ1n) is 10.9. The first-order chi connectivity index (χ1) is 15.6. The minimum absolute atomic E-state index is 0.129.